The number of benzene rings is 1. The van der Waals surface area contributed by atoms with Crippen molar-refractivity contribution in [3.05, 3.63) is 35.4 Å². The van der Waals surface area contributed by atoms with E-state index in [1.54, 1.807) is 0 Å². The van der Waals surface area contributed by atoms with Gasteiger partial charge in [0.15, 0.2) is 0 Å². The molecule has 0 aromatic heterocycles. The van der Waals surface area contributed by atoms with Gasteiger partial charge in [-0.25, -0.2) is 0 Å². The highest BCUT2D eigenvalue weighted by molar-refractivity contribution is 7.86. The number of fused-ring (bicyclic) bond motifs is 1. The SMILES string of the molecule is NC1CC(S(=O)(=O)O)Cc2ccccc21. The Kier molecular flexibility index (Phi) is 2.54. The van der Waals surface area contributed by atoms with Crippen LogP contribution in [0.5, 0.6) is 0 Å². The molecule has 2 rings (SSSR count). The molecule has 0 spiro atoms. The van der Waals surface area contributed by atoms with E-state index < -0.39 is 15.4 Å². The molecule has 2 atom stereocenters. The van der Waals surface area contributed by atoms with E-state index in [0.717, 1.165) is 11.1 Å². The molecule has 0 bridgehead atoms. The summed E-state index contributed by atoms with van der Waals surface area (Å²) in [5.41, 5.74) is 7.76. The number of nitrogens with two attached hydrogens (primary N) is 1. The van der Waals surface area contributed by atoms with Crippen LogP contribution in [0.2, 0.25) is 0 Å². The zero-order valence-corrected chi connectivity index (χ0v) is 8.94. The minimum atomic E-state index is -3.98. The van der Waals surface area contributed by atoms with Gasteiger partial charge in [-0.1, -0.05) is 24.3 Å². The van der Waals surface area contributed by atoms with Gasteiger partial charge in [0, 0.05) is 6.04 Å². The maximum Gasteiger partial charge on any atom is 0.268 e. The Morgan fingerprint density at radius 1 is 1.33 bits per heavy atom. The Labute approximate surface area is 88.9 Å². The van der Waals surface area contributed by atoms with E-state index in [-0.39, 0.29) is 12.5 Å². The normalized spacial score (nSPS) is 26.0. The second-order valence-corrected chi connectivity index (χ2v) is 5.58. The number of hydrogen-bond acceptors (Lipinski definition) is 3. The van der Waals surface area contributed by atoms with Crippen molar-refractivity contribution < 1.29 is 13.0 Å². The summed E-state index contributed by atoms with van der Waals surface area (Å²) in [4.78, 5) is 0. The van der Waals surface area contributed by atoms with Gasteiger partial charge in [0.2, 0.25) is 0 Å². The molecule has 0 amide bonds. The maximum absolute atomic E-state index is 11.0. The van der Waals surface area contributed by atoms with Gasteiger partial charge < -0.3 is 5.73 Å². The summed E-state index contributed by atoms with van der Waals surface area (Å²) < 4.78 is 31.1. The Hall–Kier alpha value is -0.910. The third kappa shape index (κ3) is 2.04. The predicted octanol–water partition coefficient (Wildman–Crippen LogP) is 0.889. The highest BCUT2D eigenvalue weighted by atomic mass is 32.2. The molecule has 1 aliphatic rings. The first kappa shape index (κ1) is 10.6. The first-order valence-corrected chi connectivity index (χ1v) is 6.28. The van der Waals surface area contributed by atoms with Crippen molar-refractivity contribution in [2.24, 2.45) is 5.73 Å². The summed E-state index contributed by atoms with van der Waals surface area (Å²) in [6.45, 7) is 0. The van der Waals surface area contributed by atoms with Crippen molar-refractivity contribution in [2.45, 2.75) is 24.1 Å². The fourth-order valence-electron chi connectivity index (χ4n) is 2.05. The van der Waals surface area contributed by atoms with E-state index in [1.165, 1.54) is 0 Å². The molecule has 2 unspecified atom stereocenters. The summed E-state index contributed by atoms with van der Waals surface area (Å²) in [5.74, 6) is 0. The van der Waals surface area contributed by atoms with Crippen molar-refractivity contribution in [3.8, 4) is 0 Å². The zero-order chi connectivity index (χ0) is 11.1. The summed E-state index contributed by atoms with van der Waals surface area (Å²) in [6, 6.07) is 7.18. The van der Waals surface area contributed by atoms with Gasteiger partial charge in [-0.05, 0) is 24.0 Å². The van der Waals surface area contributed by atoms with Crippen LogP contribution in [0.3, 0.4) is 0 Å². The van der Waals surface area contributed by atoms with Gasteiger partial charge in [-0.15, -0.1) is 0 Å². The molecule has 0 radical (unpaired) electrons. The first-order chi connectivity index (χ1) is 6.98. The highest BCUT2D eigenvalue weighted by Gasteiger charge is 2.31. The van der Waals surface area contributed by atoms with Crippen LogP contribution >= 0.6 is 0 Å². The third-order valence-corrected chi connectivity index (χ3v) is 4.04. The van der Waals surface area contributed by atoms with Crippen LogP contribution in [0, 0.1) is 0 Å². The van der Waals surface area contributed by atoms with Gasteiger partial charge in [-0.3, -0.25) is 4.55 Å². The predicted molar refractivity (Wildman–Crippen MR) is 57.0 cm³/mol. The highest BCUT2D eigenvalue weighted by Crippen LogP contribution is 2.30. The van der Waals surface area contributed by atoms with Crippen LogP contribution in [0.4, 0.5) is 0 Å². The van der Waals surface area contributed by atoms with E-state index in [2.05, 4.69) is 0 Å². The third-order valence-electron chi connectivity index (χ3n) is 2.84. The molecule has 1 aliphatic carbocycles. The van der Waals surface area contributed by atoms with Gasteiger partial charge in [-0.2, -0.15) is 8.42 Å². The first-order valence-electron chi connectivity index (χ1n) is 4.78. The van der Waals surface area contributed by atoms with E-state index in [4.69, 9.17) is 10.3 Å². The summed E-state index contributed by atoms with van der Waals surface area (Å²) in [5, 5.41) is -0.762. The van der Waals surface area contributed by atoms with Crippen molar-refractivity contribution in [2.75, 3.05) is 0 Å². The summed E-state index contributed by atoms with van der Waals surface area (Å²) >= 11 is 0. The molecule has 15 heavy (non-hydrogen) atoms. The molecular formula is C10H13NO3S. The molecule has 1 aromatic rings. The average molecular weight is 227 g/mol. The van der Waals surface area contributed by atoms with Crippen molar-refractivity contribution in [1.29, 1.82) is 0 Å². The largest absolute Gasteiger partial charge is 0.324 e. The number of hydrogen-bond donors (Lipinski definition) is 2. The Morgan fingerprint density at radius 3 is 2.67 bits per heavy atom. The lowest BCUT2D eigenvalue weighted by Gasteiger charge is -2.27. The quantitative estimate of drug-likeness (QED) is 0.698. The van der Waals surface area contributed by atoms with E-state index in [0.29, 0.717) is 6.42 Å². The van der Waals surface area contributed by atoms with Crippen molar-refractivity contribution in [3.63, 3.8) is 0 Å². The molecule has 1 aromatic carbocycles. The molecule has 0 aliphatic heterocycles. The topological polar surface area (TPSA) is 80.4 Å². The van der Waals surface area contributed by atoms with Gasteiger partial charge >= 0.3 is 0 Å². The van der Waals surface area contributed by atoms with Crippen LogP contribution in [0.25, 0.3) is 0 Å². The zero-order valence-electron chi connectivity index (χ0n) is 8.13. The van der Waals surface area contributed by atoms with Gasteiger partial charge in [0.25, 0.3) is 10.1 Å². The second-order valence-electron chi connectivity index (χ2n) is 3.88. The summed E-state index contributed by atoms with van der Waals surface area (Å²) in [7, 11) is -3.98. The smallest absolute Gasteiger partial charge is 0.268 e. The van der Waals surface area contributed by atoms with Gasteiger partial charge in [0.05, 0.1) is 5.25 Å². The monoisotopic (exact) mass is 227 g/mol. The van der Waals surface area contributed by atoms with Gasteiger partial charge in [0.1, 0.15) is 0 Å². The van der Waals surface area contributed by atoms with Crippen LogP contribution in [-0.2, 0) is 16.5 Å². The second kappa shape index (κ2) is 3.59. The molecule has 5 heteroatoms. The lowest BCUT2D eigenvalue weighted by atomic mass is 9.88. The standard InChI is InChI=1S/C10H13NO3S/c11-10-6-8(15(12,13)14)5-7-3-1-2-4-9(7)10/h1-4,8,10H,5-6,11H2,(H,12,13,14). The average Bonchev–Trinajstić information content (AvgIpc) is 2.16. The van der Waals surface area contributed by atoms with Crippen LogP contribution < -0.4 is 5.73 Å². The Bertz CT molecular complexity index is 469. The fourth-order valence-corrected chi connectivity index (χ4v) is 2.89. The molecule has 0 heterocycles. The van der Waals surface area contributed by atoms with E-state index >= 15 is 0 Å². The van der Waals surface area contributed by atoms with Crippen LogP contribution in [0.1, 0.15) is 23.6 Å². The summed E-state index contributed by atoms with van der Waals surface area (Å²) in [6.07, 6.45) is 0.637. The molecule has 3 N–H and O–H groups in total. The number of rotatable bonds is 1. The molecule has 4 nitrogen and oxygen atoms in total. The lowest BCUT2D eigenvalue weighted by Crippen LogP contribution is -2.33. The minimum Gasteiger partial charge on any atom is -0.324 e. The molecule has 82 valence electrons. The Balaban J connectivity index is 2.39. The lowest BCUT2D eigenvalue weighted by molar-refractivity contribution is 0.445. The molecular weight excluding hydrogens is 214 g/mol. The van der Waals surface area contributed by atoms with Crippen molar-refractivity contribution >= 4 is 10.1 Å². The fraction of sp³-hybridized carbons (Fsp3) is 0.400. The van der Waals surface area contributed by atoms with Crippen LogP contribution in [0.15, 0.2) is 24.3 Å². The minimum absolute atomic E-state index is 0.288. The molecule has 0 fully saturated rings. The maximum atomic E-state index is 11.0. The van der Waals surface area contributed by atoms with E-state index in [9.17, 15) is 8.42 Å². The molecule has 0 saturated heterocycles. The Morgan fingerprint density at radius 2 is 2.00 bits per heavy atom. The van der Waals surface area contributed by atoms with E-state index in [1.807, 2.05) is 24.3 Å². The molecule has 0 saturated carbocycles. The van der Waals surface area contributed by atoms with Crippen molar-refractivity contribution in [1.82, 2.24) is 0 Å². The van der Waals surface area contributed by atoms with Crippen LogP contribution in [-0.4, -0.2) is 18.2 Å².